The van der Waals surface area contributed by atoms with Gasteiger partial charge in [0.15, 0.2) is 5.65 Å². The number of hydrogen-bond acceptors (Lipinski definition) is 6. The molecule has 0 atom stereocenters. The molecule has 0 radical (unpaired) electrons. The fourth-order valence-electron chi connectivity index (χ4n) is 3.62. The Morgan fingerprint density at radius 1 is 1.26 bits per heavy atom. The Morgan fingerprint density at radius 3 is 2.81 bits per heavy atom. The largest absolute Gasteiger partial charge is 0.463 e. The molecule has 3 aromatic rings. The van der Waals surface area contributed by atoms with Crippen LogP contribution in [0, 0.1) is 12.8 Å². The van der Waals surface area contributed by atoms with E-state index in [1.807, 2.05) is 37.1 Å². The molecule has 162 valence electrons. The van der Waals surface area contributed by atoms with Crippen molar-refractivity contribution in [3.8, 4) is 11.1 Å². The Hall–Kier alpha value is -3.06. The molecule has 4 rings (SSSR count). The van der Waals surface area contributed by atoms with Gasteiger partial charge in [-0.15, -0.1) is 0 Å². The zero-order valence-electron chi connectivity index (χ0n) is 18.3. The minimum Gasteiger partial charge on any atom is -0.463 e. The van der Waals surface area contributed by atoms with Gasteiger partial charge in [-0.25, -0.2) is 14.5 Å². The Balaban J connectivity index is 1.88. The van der Waals surface area contributed by atoms with Crippen molar-refractivity contribution in [2.24, 2.45) is 5.92 Å². The van der Waals surface area contributed by atoms with Crippen LogP contribution in [0.5, 0.6) is 0 Å². The van der Waals surface area contributed by atoms with Crippen molar-refractivity contribution in [1.82, 2.24) is 19.7 Å². The summed E-state index contributed by atoms with van der Waals surface area (Å²) in [5, 5.41) is 5.45. The molecule has 0 N–H and O–H groups in total. The molecule has 1 saturated carbocycles. The second-order valence-corrected chi connectivity index (χ2v) is 7.84. The highest BCUT2D eigenvalue weighted by Gasteiger charge is 2.23. The van der Waals surface area contributed by atoms with Crippen LogP contribution >= 0.6 is 0 Å². The van der Waals surface area contributed by atoms with Crippen LogP contribution in [0.15, 0.2) is 30.7 Å². The molecule has 0 aromatic carbocycles. The summed E-state index contributed by atoms with van der Waals surface area (Å²) < 4.78 is 13.0. The summed E-state index contributed by atoms with van der Waals surface area (Å²) in [5.41, 5.74) is 5.37. The first-order chi connectivity index (χ1) is 15.1. The predicted molar refractivity (Wildman–Crippen MR) is 119 cm³/mol. The Kier molecular flexibility index (Phi) is 6.42. The van der Waals surface area contributed by atoms with E-state index in [4.69, 9.17) is 14.5 Å². The molecule has 7 heteroatoms. The summed E-state index contributed by atoms with van der Waals surface area (Å²) in [6.07, 6.45) is 11.2. The molecule has 0 unspecified atom stereocenters. The highest BCUT2D eigenvalue weighted by molar-refractivity contribution is 5.99. The van der Waals surface area contributed by atoms with Crippen molar-refractivity contribution in [2.45, 2.75) is 46.8 Å². The van der Waals surface area contributed by atoms with E-state index in [9.17, 15) is 4.79 Å². The van der Waals surface area contributed by atoms with Crippen LogP contribution in [0.1, 0.15) is 43.5 Å². The van der Waals surface area contributed by atoms with Gasteiger partial charge in [0.05, 0.1) is 25.1 Å². The summed E-state index contributed by atoms with van der Waals surface area (Å²) in [6.45, 7) is 7.99. The lowest BCUT2D eigenvalue weighted by atomic mass is 9.96. The van der Waals surface area contributed by atoms with E-state index in [1.165, 1.54) is 18.9 Å². The Labute approximate surface area is 182 Å². The number of fused-ring (bicyclic) bond motifs is 1. The fourth-order valence-corrected chi connectivity index (χ4v) is 3.62. The maximum absolute atomic E-state index is 12.1. The second kappa shape index (κ2) is 9.39. The van der Waals surface area contributed by atoms with E-state index in [0.717, 1.165) is 45.6 Å². The fraction of sp³-hybridized carbons (Fsp3) is 0.417. The molecule has 7 nitrogen and oxygen atoms in total. The minimum atomic E-state index is -0.384. The number of pyridine rings is 2. The van der Waals surface area contributed by atoms with Gasteiger partial charge in [0.1, 0.15) is 0 Å². The summed E-state index contributed by atoms with van der Waals surface area (Å²) in [4.78, 5) is 21.4. The molecule has 3 heterocycles. The van der Waals surface area contributed by atoms with E-state index >= 15 is 0 Å². The van der Waals surface area contributed by atoms with Gasteiger partial charge in [-0.05, 0) is 57.2 Å². The van der Waals surface area contributed by atoms with Gasteiger partial charge in [0, 0.05) is 53.7 Å². The van der Waals surface area contributed by atoms with Gasteiger partial charge in [0.2, 0.25) is 0 Å². The van der Waals surface area contributed by atoms with Crippen LogP contribution in [0.4, 0.5) is 0 Å². The number of ether oxygens (including phenoxy) is 2. The highest BCUT2D eigenvalue weighted by Crippen LogP contribution is 2.35. The molecular formula is C24H28N4O3. The number of rotatable bonds is 9. The van der Waals surface area contributed by atoms with Crippen molar-refractivity contribution in [3.05, 3.63) is 47.6 Å². The van der Waals surface area contributed by atoms with E-state index < -0.39 is 0 Å². The Morgan fingerprint density at radius 2 is 2.10 bits per heavy atom. The number of aryl methyl sites for hydroxylation is 2. The van der Waals surface area contributed by atoms with Crippen LogP contribution in [0.25, 0.3) is 28.2 Å². The number of carbonyl (C=O) groups is 1. The number of esters is 1. The Bertz CT molecular complexity index is 1120. The lowest BCUT2D eigenvalue weighted by Crippen LogP contribution is -2.06. The standard InChI is InChI=1S/C24H28N4O3/c1-4-28-24-20(13-26-28)23(18-10-16(3)11-25-12-18)19(8-9-22(29)31-5-2)21(27-24)15-30-14-17-6-7-17/h8-13,17H,4-7,14-15H2,1-3H3/b9-8+. The van der Waals surface area contributed by atoms with Gasteiger partial charge in [0.25, 0.3) is 0 Å². The summed E-state index contributed by atoms with van der Waals surface area (Å²) in [5.74, 6) is 0.272. The molecule has 0 spiro atoms. The molecule has 1 fully saturated rings. The van der Waals surface area contributed by atoms with Crippen LogP contribution in [0.3, 0.4) is 0 Å². The molecule has 1 aliphatic carbocycles. The molecule has 31 heavy (non-hydrogen) atoms. The molecule has 0 amide bonds. The highest BCUT2D eigenvalue weighted by atomic mass is 16.5. The number of hydrogen-bond donors (Lipinski definition) is 0. The molecule has 0 bridgehead atoms. The summed E-state index contributed by atoms with van der Waals surface area (Å²) in [6, 6.07) is 2.08. The monoisotopic (exact) mass is 420 g/mol. The summed E-state index contributed by atoms with van der Waals surface area (Å²) in [7, 11) is 0. The van der Waals surface area contributed by atoms with Gasteiger partial charge >= 0.3 is 5.97 Å². The van der Waals surface area contributed by atoms with Crippen LogP contribution in [-0.2, 0) is 27.4 Å². The van der Waals surface area contributed by atoms with Gasteiger partial charge in [-0.1, -0.05) is 0 Å². The number of carbonyl (C=O) groups excluding carboxylic acids is 1. The minimum absolute atomic E-state index is 0.329. The van der Waals surface area contributed by atoms with Crippen molar-refractivity contribution in [3.63, 3.8) is 0 Å². The van der Waals surface area contributed by atoms with Crippen molar-refractivity contribution in [1.29, 1.82) is 0 Å². The second-order valence-electron chi connectivity index (χ2n) is 7.84. The van der Waals surface area contributed by atoms with Crippen LogP contribution in [0.2, 0.25) is 0 Å². The molecule has 0 aliphatic heterocycles. The first-order valence-electron chi connectivity index (χ1n) is 10.8. The smallest absolute Gasteiger partial charge is 0.330 e. The topological polar surface area (TPSA) is 79.1 Å². The van der Waals surface area contributed by atoms with Gasteiger partial charge in [-0.2, -0.15) is 5.10 Å². The molecule has 0 saturated heterocycles. The van der Waals surface area contributed by atoms with Crippen LogP contribution in [-0.4, -0.2) is 38.9 Å². The number of aromatic nitrogens is 4. The zero-order chi connectivity index (χ0) is 21.8. The third-order valence-corrected chi connectivity index (χ3v) is 5.33. The quantitative estimate of drug-likeness (QED) is 0.379. The first-order valence-corrected chi connectivity index (χ1v) is 10.8. The molecule has 3 aromatic heterocycles. The van der Waals surface area contributed by atoms with E-state index in [-0.39, 0.29) is 5.97 Å². The van der Waals surface area contributed by atoms with Crippen molar-refractivity contribution in [2.75, 3.05) is 13.2 Å². The maximum Gasteiger partial charge on any atom is 0.330 e. The van der Waals surface area contributed by atoms with Crippen molar-refractivity contribution < 1.29 is 14.3 Å². The van der Waals surface area contributed by atoms with Gasteiger partial charge in [-0.3, -0.25) is 4.98 Å². The van der Waals surface area contributed by atoms with E-state index in [0.29, 0.717) is 25.7 Å². The lowest BCUT2D eigenvalue weighted by Gasteiger charge is -2.14. The first kappa shape index (κ1) is 21.2. The van der Waals surface area contributed by atoms with Crippen molar-refractivity contribution >= 4 is 23.1 Å². The SMILES string of the molecule is CCOC(=O)/C=C/c1c(COCC2CC2)nc2c(cnn2CC)c1-c1cncc(C)c1. The van der Waals surface area contributed by atoms with Gasteiger partial charge < -0.3 is 9.47 Å². The van der Waals surface area contributed by atoms with E-state index in [1.54, 1.807) is 13.0 Å². The third-order valence-electron chi connectivity index (χ3n) is 5.33. The lowest BCUT2D eigenvalue weighted by molar-refractivity contribution is -0.137. The van der Waals surface area contributed by atoms with Crippen LogP contribution < -0.4 is 0 Å². The third kappa shape index (κ3) is 4.82. The predicted octanol–water partition coefficient (Wildman–Crippen LogP) is 4.32. The molecule has 1 aliphatic rings. The maximum atomic E-state index is 12.1. The normalized spacial score (nSPS) is 13.9. The average Bonchev–Trinajstić information content (AvgIpc) is 3.49. The summed E-state index contributed by atoms with van der Waals surface area (Å²) >= 11 is 0. The average molecular weight is 421 g/mol. The number of nitrogens with zero attached hydrogens (tertiary/aromatic N) is 4. The van der Waals surface area contributed by atoms with E-state index in [2.05, 4.69) is 16.1 Å². The molecular weight excluding hydrogens is 392 g/mol. The zero-order valence-corrected chi connectivity index (χ0v) is 18.3.